The Morgan fingerprint density at radius 2 is 2.04 bits per heavy atom. The number of amides is 1. The first-order chi connectivity index (χ1) is 11.1. The Labute approximate surface area is 141 Å². The number of aliphatic hydroxyl groups is 1. The number of benzene rings is 2. The summed E-state index contributed by atoms with van der Waals surface area (Å²) in [6, 6.07) is 13.1. The van der Waals surface area contributed by atoms with Crippen molar-refractivity contribution in [2.24, 2.45) is 0 Å². The highest BCUT2D eigenvalue weighted by molar-refractivity contribution is 6.30. The SMILES string of the molecule is Cc1ccc(Cl)cc1-c1cccc(C(=O)NCCOCCO)c1. The van der Waals surface area contributed by atoms with Gasteiger partial charge in [0.2, 0.25) is 0 Å². The summed E-state index contributed by atoms with van der Waals surface area (Å²) in [6.07, 6.45) is 0. The van der Waals surface area contributed by atoms with Crippen LogP contribution in [-0.4, -0.2) is 37.4 Å². The Morgan fingerprint density at radius 1 is 1.22 bits per heavy atom. The third-order valence-electron chi connectivity index (χ3n) is 3.40. The molecule has 0 spiro atoms. The molecule has 0 aliphatic carbocycles. The molecule has 0 saturated heterocycles. The van der Waals surface area contributed by atoms with Gasteiger partial charge in [0.25, 0.3) is 5.91 Å². The molecule has 0 unspecified atom stereocenters. The van der Waals surface area contributed by atoms with Crippen molar-refractivity contribution in [2.45, 2.75) is 6.92 Å². The Bertz CT molecular complexity index is 673. The van der Waals surface area contributed by atoms with Crippen LogP contribution in [0.3, 0.4) is 0 Å². The quantitative estimate of drug-likeness (QED) is 0.766. The number of hydrogen-bond donors (Lipinski definition) is 2. The Hall–Kier alpha value is -1.88. The first-order valence-electron chi connectivity index (χ1n) is 7.45. The molecule has 0 bridgehead atoms. The number of ether oxygens (including phenoxy) is 1. The van der Waals surface area contributed by atoms with Gasteiger partial charge < -0.3 is 15.2 Å². The predicted octanol–water partition coefficient (Wildman–Crippen LogP) is 3.05. The third-order valence-corrected chi connectivity index (χ3v) is 3.64. The number of aryl methyl sites for hydroxylation is 1. The monoisotopic (exact) mass is 333 g/mol. The number of nitrogens with one attached hydrogen (secondary N) is 1. The molecule has 2 aromatic carbocycles. The van der Waals surface area contributed by atoms with E-state index in [0.717, 1.165) is 16.7 Å². The minimum Gasteiger partial charge on any atom is -0.394 e. The van der Waals surface area contributed by atoms with Crippen LogP contribution in [0.4, 0.5) is 0 Å². The van der Waals surface area contributed by atoms with Crippen LogP contribution in [0.5, 0.6) is 0 Å². The van der Waals surface area contributed by atoms with Gasteiger partial charge in [-0.1, -0.05) is 29.8 Å². The Morgan fingerprint density at radius 3 is 2.83 bits per heavy atom. The molecule has 2 rings (SSSR count). The summed E-state index contributed by atoms with van der Waals surface area (Å²) in [7, 11) is 0. The van der Waals surface area contributed by atoms with E-state index in [4.69, 9.17) is 21.4 Å². The Kier molecular flexibility index (Phi) is 6.59. The Balaban J connectivity index is 2.07. The lowest BCUT2D eigenvalue weighted by Crippen LogP contribution is -2.27. The zero-order valence-electron chi connectivity index (χ0n) is 13.0. The molecular formula is C18H20ClNO3. The van der Waals surface area contributed by atoms with E-state index < -0.39 is 0 Å². The van der Waals surface area contributed by atoms with Crippen molar-refractivity contribution in [2.75, 3.05) is 26.4 Å². The topological polar surface area (TPSA) is 58.6 Å². The van der Waals surface area contributed by atoms with Crippen molar-refractivity contribution in [1.29, 1.82) is 0 Å². The fourth-order valence-corrected chi connectivity index (χ4v) is 2.41. The molecule has 0 heterocycles. The van der Waals surface area contributed by atoms with E-state index in [1.807, 2.05) is 43.3 Å². The summed E-state index contributed by atoms with van der Waals surface area (Å²) in [6.45, 7) is 3.05. The van der Waals surface area contributed by atoms with Crippen molar-refractivity contribution in [3.63, 3.8) is 0 Å². The number of carbonyl (C=O) groups is 1. The van der Waals surface area contributed by atoms with Gasteiger partial charge in [-0.25, -0.2) is 0 Å². The van der Waals surface area contributed by atoms with Gasteiger partial charge in [0, 0.05) is 17.1 Å². The van der Waals surface area contributed by atoms with E-state index in [-0.39, 0.29) is 19.1 Å². The molecule has 0 radical (unpaired) electrons. The summed E-state index contributed by atoms with van der Waals surface area (Å²) in [5.41, 5.74) is 3.65. The normalized spacial score (nSPS) is 10.6. The van der Waals surface area contributed by atoms with Gasteiger partial charge in [-0.3, -0.25) is 4.79 Å². The fourth-order valence-electron chi connectivity index (χ4n) is 2.24. The number of rotatable bonds is 7. The molecule has 122 valence electrons. The highest BCUT2D eigenvalue weighted by Gasteiger charge is 2.08. The lowest BCUT2D eigenvalue weighted by Gasteiger charge is -2.10. The lowest BCUT2D eigenvalue weighted by molar-refractivity contribution is 0.0838. The number of carbonyl (C=O) groups excluding carboxylic acids is 1. The second-order valence-corrected chi connectivity index (χ2v) is 5.57. The highest BCUT2D eigenvalue weighted by Crippen LogP contribution is 2.27. The zero-order chi connectivity index (χ0) is 16.7. The summed E-state index contributed by atoms with van der Waals surface area (Å²) in [5.74, 6) is -0.154. The van der Waals surface area contributed by atoms with Gasteiger partial charge in [-0.05, 0) is 47.9 Å². The maximum Gasteiger partial charge on any atom is 0.251 e. The van der Waals surface area contributed by atoms with E-state index >= 15 is 0 Å². The van der Waals surface area contributed by atoms with Crippen molar-refractivity contribution >= 4 is 17.5 Å². The molecule has 0 aliphatic heterocycles. The van der Waals surface area contributed by atoms with Crippen LogP contribution in [0.2, 0.25) is 5.02 Å². The average Bonchev–Trinajstić information content (AvgIpc) is 2.57. The van der Waals surface area contributed by atoms with E-state index in [2.05, 4.69) is 5.32 Å². The van der Waals surface area contributed by atoms with Crippen molar-refractivity contribution in [1.82, 2.24) is 5.32 Å². The van der Waals surface area contributed by atoms with E-state index in [1.165, 1.54) is 0 Å². The summed E-state index contributed by atoms with van der Waals surface area (Å²) in [4.78, 5) is 12.2. The van der Waals surface area contributed by atoms with Crippen LogP contribution in [0.1, 0.15) is 15.9 Å². The van der Waals surface area contributed by atoms with E-state index in [0.29, 0.717) is 23.7 Å². The molecule has 0 atom stereocenters. The number of aliphatic hydroxyl groups excluding tert-OH is 1. The molecule has 1 amide bonds. The van der Waals surface area contributed by atoms with Gasteiger partial charge in [-0.15, -0.1) is 0 Å². The largest absolute Gasteiger partial charge is 0.394 e. The highest BCUT2D eigenvalue weighted by atomic mass is 35.5. The van der Waals surface area contributed by atoms with Gasteiger partial charge in [0.1, 0.15) is 0 Å². The molecule has 0 aromatic heterocycles. The lowest BCUT2D eigenvalue weighted by atomic mass is 9.99. The van der Waals surface area contributed by atoms with Crippen LogP contribution in [0.15, 0.2) is 42.5 Å². The maximum absolute atomic E-state index is 12.2. The van der Waals surface area contributed by atoms with E-state index in [9.17, 15) is 4.79 Å². The summed E-state index contributed by atoms with van der Waals surface area (Å²) in [5, 5.41) is 12.1. The molecular weight excluding hydrogens is 314 g/mol. The van der Waals surface area contributed by atoms with Crippen molar-refractivity contribution < 1.29 is 14.6 Å². The summed E-state index contributed by atoms with van der Waals surface area (Å²) >= 11 is 6.07. The average molecular weight is 334 g/mol. The molecule has 23 heavy (non-hydrogen) atoms. The second-order valence-electron chi connectivity index (χ2n) is 5.13. The maximum atomic E-state index is 12.2. The molecule has 5 heteroatoms. The van der Waals surface area contributed by atoms with Crippen LogP contribution in [0, 0.1) is 6.92 Å². The van der Waals surface area contributed by atoms with Crippen LogP contribution < -0.4 is 5.32 Å². The van der Waals surface area contributed by atoms with Gasteiger partial charge in [0.05, 0.1) is 19.8 Å². The minimum absolute atomic E-state index is 0.0189. The van der Waals surface area contributed by atoms with E-state index in [1.54, 1.807) is 6.07 Å². The van der Waals surface area contributed by atoms with Crippen molar-refractivity contribution in [3.8, 4) is 11.1 Å². The van der Waals surface area contributed by atoms with Gasteiger partial charge >= 0.3 is 0 Å². The predicted molar refractivity (Wildman–Crippen MR) is 91.9 cm³/mol. The molecule has 2 N–H and O–H groups in total. The standard InChI is InChI=1S/C18H20ClNO3/c1-13-5-6-16(19)12-17(13)14-3-2-4-15(11-14)18(22)20-7-9-23-10-8-21/h2-6,11-12,21H,7-10H2,1H3,(H,20,22). The minimum atomic E-state index is -0.154. The smallest absolute Gasteiger partial charge is 0.251 e. The molecule has 0 fully saturated rings. The fraction of sp³-hybridized carbons (Fsp3) is 0.278. The van der Waals surface area contributed by atoms with Crippen LogP contribution >= 0.6 is 11.6 Å². The van der Waals surface area contributed by atoms with Crippen LogP contribution in [0.25, 0.3) is 11.1 Å². The molecule has 4 nitrogen and oxygen atoms in total. The molecule has 2 aromatic rings. The first-order valence-corrected chi connectivity index (χ1v) is 7.83. The zero-order valence-corrected chi connectivity index (χ0v) is 13.8. The van der Waals surface area contributed by atoms with Gasteiger partial charge in [-0.2, -0.15) is 0 Å². The van der Waals surface area contributed by atoms with Crippen LogP contribution in [-0.2, 0) is 4.74 Å². The molecule has 0 saturated carbocycles. The van der Waals surface area contributed by atoms with Crippen molar-refractivity contribution in [3.05, 3.63) is 58.6 Å². The van der Waals surface area contributed by atoms with Gasteiger partial charge in [0.15, 0.2) is 0 Å². The number of hydrogen-bond acceptors (Lipinski definition) is 3. The summed E-state index contributed by atoms with van der Waals surface area (Å²) < 4.78 is 5.11. The number of halogens is 1. The molecule has 0 aliphatic rings. The second kappa shape index (κ2) is 8.67. The first kappa shape index (κ1) is 17.5. The third kappa shape index (κ3) is 5.06.